The van der Waals surface area contributed by atoms with Crippen molar-refractivity contribution in [2.75, 3.05) is 13.2 Å². The zero-order valence-corrected chi connectivity index (χ0v) is 33.2. The normalized spacial score (nSPS) is 15.6. The molecule has 0 amide bonds. The van der Waals surface area contributed by atoms with E-state index in [0.29, 0.717) is 13.2 Å². The molecular formula is C43H35OOsPS3+. The number of allylic oxidation sites excluding steroid dienone is 5. The van der Waals surface area contributed by atoms with Gasteiger partial charge in [0.25, 0.3) is 0 Å². The molecule has 6 aromatic rings. The van der Waals surface area contributed by atoms with Gasteiger partial charge >= 0.3 is 295 Å². The van der Waals surface area contributed by atoms with Crippen molar-refractivity contribution in [2.45, 2.75) is 13.8 Å². The Labute approximate surface area is 312 Å². The van der Waals surface area contributed by atoms with Gasteiger partial charge in [-0.3, -0.25) is 0 Å². The van der Waals surface area contributed by atoms with Crippen LogP contribution in [0, 0.1) is 4.37 Å². The monoisotopic (exact) mass is 886 g/mol. The Balaban J connectivity index is 1.48. The molecule has 3 aromatic heterocycles. The Morgan fingerprint density at radius 1 is 0.633 bits per heavy atom. The molecule has 243 valence electrons. The fraction of sp³-hybridized carbons (Fsp3) is 0.0930. The van der Waals surface area contributed by atoms with Crippen LogP contribution in [0.5, 0.6) is 0 Å². The standard InChI is InChI=1S/C43H35OPS3.Os/c1-4-15-37-22-23-40(46-37)41-26-27-43(48-41)42-25-24-39(47-42)38(28-33-30-44-29-32(33)5-2)31(3)45(34-16-9-6-10-17-34,35-18-11-7-12-19-35)36-20-13-8-14-21-36;/h4-28H,29-30H2,1-2H3;/q+1;/b15-4+,32-5?,33-28?,38-31?;. The van der Waals surface area contributed by atoms with Crippen molar-refractivity contribution in [1.82, 2.24) is 0 Å². The van der Waals surface area contributed by atoms with Gasteiger partial charge in [-0.1, -0.05) is 6.08 Å². The number of ether oxygens (including phenoxy) is 1. The molecule has 0 aliphatic carbocycles. The zero-order chi connectivity index (χ0) is 33.6. The van der Waals surface area contributed by atoms with Crippen LogP contribution < -0.4 is 15.9 Å². The third kappa shape index (κ3) is 6.84. The number of thiophene rings is 3. The Hall–Kier alpha value is -3.47. The van der Waals surface area contributed by atoms with E-state index in [4.69, 9.17) is 4.74 Å². The van der Waals surface area contributed by atoms with Gasteiger partial charge < -0.3 is 0 Å². The molecule has 0 N–H and O–H groups in total. The third-order valence-corrected chi connectivity index (χ3v) is 17.6. The second-order valence-electron chi connectivity index (χ2n) is 11.5. The van der Waals surface area contributed by atoms with Crippen LogP contribution in [-0.4, -0.2) is 13.2 Å². The SMILES string of the molecule is CC=C1COCC1=CC(=C([C]#[Os])[P+](c1ccccc1)(c1ccccc1)c1ccccc1)c1ccc(-c2ccc(-c3ccc(/C=C/C)s3)s2)s1. The molecule has 4 heterocycles. The zero-order valence-electron chi connectivity index (χ0n) is 27.3. The first-order valence-corrected chi connectivity index (χ1v) is 21.7. The minimum atomic E-state index is -2.40. The van der Waals surface area contributed by atoms with Gasteiger partial charge in [0, 0.05) is 0 Å². The number of hydrogen-bond donors (Lipinski definition) is 0. The van der Waals surface area contributed by atoms with Crippen LogP contribution in [0.2, 0.25) is 0 Å². The van der Waals surface area contributed by atoms with Crippen LogP contribution in [-0.2, 0) is 22.7 Å². The van der Waals surface area contributed by atoms with Gasteiger partial charge in [-0.25, -0.2) is 0 Å². The summed E-state index contributed by atoms with van der Waals surface area (Å²) < 4.78 is 9.91. The van der Waals surface area contributed by atoms with E-state index in [0.717, 1.165) is 0 Å². The minimum absolute atomic E-state index is 0.610. The molecule has 7 rings (SSSR count). The van der Waals surface area contributed by atoms with Gasteiger partial charge in [0.05, 0.1) is 0 Å². The fourth-order valence-corrected chi connectivity index (χ4v) is 15.4. The number of benzene rings is 3. The van der Waals surface area contributed by atoms with Crippen molar-refractivity contribution in [3.8, 4) is 23.9 Å². The van der Waals surface area contributed by atoms with Crippen molar-refractivity contribution in [2.24, 2.45) is 0 Å². The maximum absolute atomic E-state index is 6.02. The predicted molar refractivity (Wildman–Crippen MR) is 214 cm³/mol. The molecule has 6 heteroatoms. The summed E-state index contributed by atoms with van der Waals surface area (Å²) >= 11 is 7.43. The molecule has 0 radical (unpaired) electrons. The molecule has 1 nitrogen and oxygen atoms in total. The molecule has 3 aromatic carbocycles. The Bertz CT molecular complexity index is 2130. The maximum atomic E-state index is 6.02. The average molecular weight is 885 g/mol. The first kappa shape index (κ1) is 34.0. The molecule has 1 saturated heterocycles. The van der Waals surface area contributed by atoms with Crippen molar-refractivity contribution in [3.05, 3.63) is 172 Å². The molecule has 1 aliphatic rings. The molecule has 49 heavy (non-hydrogen) atoms. The summed E-state index contributed by atoms with van der Waals surface area (Å²) in [6.45, 7) is 5.44. The molecule has 0 unspecified atom stereocenters. The van der Waals surface area contributed by atoms with Gasteiger partial charge in [-0.05, 0) is 13.0 Å². The van der Waals surface area contributed by atoms with Gasteiger partial charge in [-0.15, -0.1) is 0 Å². The van der Waals surface area contributed by atoms with Crippen LogP contribution >= 0.6 is 41.3 Å². The first-order valence-electron chi connectivity index (χ1n) is 16.2. The Kier molecular flexibility index (Phi) is 10.8. The second kappa shape index (κ2) is 15.6. The van der Waals surface area contributed by atoms with Crippen LogP contribution in [0.3, 0.4) is 0 Å². The first-order chi connectivity index (χ1) is 24.1. The number of hydrogen-bond acceptors (Lipinski definition) is 4. The predicted octanol–water partition coefficient (Wildman–Crippen LogP) is 11.4. The fourth-order valence-electron chi connectivity index (χ4n) is 6.32. The van der Waals surface area contributed by atoms with Crippen molar-refractivity contribution < 1.29 is 22.7 Å². The molecule has 0 bridgehead atoms. The molecule has 0 saturated carbocycles. The summed E-state index contributed by atoms with van der Waals surface area (Å²) in [5, 5.41) is 5.21. The van der Waals surface area contributed by atoms with Crippen LogP contribution in [0.25, 0.3) is 31.2 Å². The summed E-state index contributed by atoms with van der Waals surface area (Å²) in [5.41, 5.74) is 3.72. The third-order valence-electron chi connectivity index (χ3n) is 8.62. The van der Waals surface area contributed by atoms with Crippen molar-refractivity contribution in [3.63, 3.8) is 0 Å². The topological polar surface area (TPSA) is 9.23 Å². The van der Waals surface area contributed by atoms with E-state index in [1.165, 1.54) is 67.2 Å². The van der Waals surface area contributed by atoms with Crippen LogP contribution in [0.4, 0.5) is 0 Å². The van der Waals surface area contributed by atoms with Gasteiger partial charge in [0.2, 0.25) is 0 Å². The molecular weight excluding hydrogens is 850 g/mol. The van der Waals surface area contributed by atoms with Crippen molar-refractivity contribution in [1.29, 1.82) is 0 Å². The van der Waals surface area contributed by atoms with E-state index in [2.05, 4.69) is 170 Å². The van der Waals surface area contributed by atoms with E-state index in [1.54, 1.807) is 0 Å². The van der Waals surface area contributed by atoms with Gasteiger partial charge in [0.1, 0.15) is 0 Å². The Morgan fingerprint density at radius 2 is 1.14 bits per heavy atom. The van der Waals surface area contributed by atoms with E-state index in [1.807, 2.05) is 52.0 Å². The summed E-state index contributed by atoms with van der Waals surface area (Å²) in [6.07, 6.45) is 8.88. The molecule has 0 atom stereocenters. The quantitative estimate of drug-likeness (QED) is 0.131. The Morgan fingerprint density at radius 3 is 1.69 bits per heavy atom. The van der Waals surface area contributed by atoms with Crippen molar-refractivity contribution >= 4 is 68.8 Å². The van der Waals surface area contributed by atoms with Crippen LogP contribution in [0.15, 0.2) is 162 Å². The molecule has 1 aliphatic heterocycles. The van der Waals surface area contributed by atoms with E-state index in [-0.39, 0.29) is 0 Å². The molecule has 0 spiro atoms. The van der Waals surface area contributed by atoms with Crippen LogP contribution in [0.1, 0.15) is 23.6 Å². The second-order valence-corrected chi connectivity index (χ2v) is 18.8. The average Bonchev–Trinajstić information content (AvgIpc) is 3.99. The summed E-state index contributed by atoms with van der Waals surface area (Å²) in [5.74, 6) is 0. The number of rotatable bonds is 9. The van der Waals surface area contributed by atoms with Gasteiger partial charge in [-0.2, -0.15) is 0 Å². The molecule has 1 fully saturated rings. The van der Waals surface area contributed by atoms with E-state index < -0.39 is 7.26 Å². The summed E-state index contributed by atoms with van der Waals surface area (Å²) in [4.78, 5) is 7.72. The van der Waals surface area contributed by atoms with E-state index in [9.17, 15) is 0 Å². The van der Waals surface area contributed by atoms with E-state index >= 15 is 0 Å². The van der Waals surface area contributed by atoms with Gasteiger partial charge in [0.15, 0.2) is 0 Å². The summed E-state index contributed by atoms with van der Waals surface area (Å²) in [6, 6.07) is 46.9. The summed E-state index contributed by atoms with van der Waals surface area (Å²) in [7, 11) is -2.40.